The van der Waals surface area contributed by atoms with E-state index < -0.39 is 23.1 Å². The molecule has 0 bridgehead atoms. The Morgan fingerprint density at radius 1 is 1.43 bits per heavy atom. The summed E-state index contributed by atoms with van der Waals surface area (Å²) >= 11 is 3.14. The molecule has 0 radical (unpaired) electrons. The van der Waals surface area contributed by atoms with Crippen LogP contribution in [0.3, 0.4) is 0 Å². The first-order valence-corrected chi connectivity index (χ1v) is 7.42. The van der Waals surface area contributed by atoms with Gasteiger partial charge in [-0.2, -0.15) is 0 Å². The molecule has 0 spiro atoms. The van der Waals surface area contributed by atoms with Crippen molar-refractivity contribution < 1.29 is 23.5 Å². The van der Waals surface area contributed by atoms with Crippen LogP contribution in [0, 0.1) is 11.2 Å². The monoisotopic (exact) mass is 384 g/mol. The van der Waals surface area contributed by atoms with E-state index in [4.69, 9.17) is 9.52 Å². The highest BCUT2D eigenvalue weighted by molar-refractivity contribution is 9.10. The third-order valence-electron chi connectivity index (χ3n) is 3.17. The zero-order valence-corrected chi connectivity index (χ0v) is 14.0. The number of benzene rings is 1. The first kappa shape index (κ1) is 17.1. The maximum Gasteiger partial charge on any atom is 0.310 e. The average molecular weight is 385 g/mol. The molecule has 8 heteroatoms. The molecule has 1 aromatic heterocycles. The van der Waals surface area contributed by atoms with E-state index in [-0.39, 0.29) is 23.7 Å². The molecule has 6 nitrogen and oxygen atoms in total. The van der Waals surface area contributed by atoms with Crippen LogP contribution >= 0.6 is 15.9 Å². The fraction of sp³-hybridized carbons (Fsp3) is 0.267. The number of carbonyl (C=O) groups is 2. The molecule has 1 heterocycles. The van der Waals surface area contributed by atoms with Crippen LogP contribution in [0.15, 0.2) is 33.4 Å². The Labute approximate surface area is 139 Å². The van der Waals surface area contributed by atoms with Crippen LogP contribution in [0.25, 0.3) is 11.5 Å². The number of hydrogen-bond donors (Lipinski definition) is 2. The van der Waals surface area contributed by atoms with Crippen molar-refractivity contribution in [1.82, 2.24) is 10.3 Å². The number of carboxylic acids is 1. The largest absolute Gasteiger partial charge is 0.481 e. The second-order valence-electron chi connectivity index (χ2n) is 5.53. The summed E-state index contributed by atoms with van der Waals surface area (Å²) in [7, 11) is 0. The zero-order valence-electron chi connectivity index (χ0n) is 12.4. The van der Waals surface area contributed by atoms with Gasteiger partial charge in [-0.25, -0.2) is 9.37 Å². The summed E-state index contributed by atoms with van der Waals surface area (Å²) in [4.78, 5) is 26.9. The van der Waals surface area contributed by atoms with Crippen LogP contribution in [0.4, 0.5) is 4.39 Å². The molecule has 122 valence electrons. The molecule has 0 atom stereocenters. The fourth-order valence-electron chi connectivity index (χ4n) is 1.63. The molecule has 0 aliphatic heterocycles. The van der Waals surface area contributed by atoms with Crippen molar-refractivity contribution in [3.63, 3.8) is 0 Å². The Balaban J connectivity index is 2.13. The van der Waals surface area contributed by atoms with Gasteiger partial charge in [-0.15, -0.1) is 0 Å². The van der Waals surface area contributed by atoms with E-state index in [2.05, 4.69) is 26.2 Å². The Morgan fingerprint density at radius 2 is 2.13 bits per heavy atom. The van der Waals surface area contributed by atoms with Crippen molar-refractivity contribution in [3.05, 3.63) is 40.4 Å². The molecule has 1 aromatic carbocycles. The Bertz CT molecular complexity index is 758. The molecule has 2 rings (SSSR count). The van der Waals surface area contributed by atoms with E-state index >= 15 is 0 Å². The quantitative estimate of drug-likeness (QED) is 0.825. The van der Waals surface area contributed by atoms with Gasteiger partial charge in [0.1, 0.15) is 12.1 Å². The van der Waals surface area contributed by atoms with Crippen molar-refractivity contribution in [3.8, 4) is 11.5 Å². The second kappa shape index (κ2) is 6.49. The third-order valence-corrected chi connectivity index (χ3v) is 3.66. The van der Waals surface area contributed by atoms with Crippen LogP contribution in [-0.4, -0.2) is 28.5 Å². The molecule has 0 fully saturated rings. The van der Waals surface area contributed by atoms with Crippen molar-refractivity contribution in [2.75, 3.05) is 6.54 Å². The van der Waals surface area contributed by atoms with Crippen LogP contribution in [0.1, 0.15) is 24.3 Å². The summed E-state index contributed by atoms with van der Waals surface area (Å²) in [5.74, 6) is -2.19. The van der Waals surface area contributed by atoms with Gasteiger partial charge in [0.2, 0.25) is 5.89 Å². The minimum atomic E-state index is -1.11. The molecule has 0 unspecified atom stereocenters. The van der Waals surface area contributed by atoms with Gasteiger partial charge in [-0.1, -0.05) is 15.9 Å². The van der Waals surface area contributed by atoms with Crippen molar-refractivity contribution >= 4 is 27.8 Å². The summed E-state index contributed by atoms with van der Waals surface area (Å²) in [6.45, 7) is 2.90. The molecule has 2 N–H and O–H groups in total. The first-order chi connectivity index (χ1) is 10.7. The molecule has 0 aliphatic carbocycles. The molecular weight excluding hydrogens is 371 g/mol. The lowest BCUT2D eigenvalue weighted by molar-refractivity contribution is -0.146. The van der Waals surface area contributed by atoms with E-state index in [0.29, 0.717) is 4.47 Å². The molecule has 0 aliphatic rings. The van der Waals surface area contributed by atoms with Gasteiger partial charge < -0.3 is 14.8 Å². The first-order valence-electron chi connectivity index (χ1n) is 6.63. The van der Waals surface area contributed by atoms with Gasteiger partial charge in [-0.05, 0) is 32.0 Å². The average Bonchev–Trinajstić information content (AvgIpc) is 2.94. The highest BCUT2D eigenvalue weighted by Gasteiger charge is 2.28. The van der Waals surface area contributed by atoms with E-state index in [1.807, 2.05) is 0 Å². The number of aromatic nitrogens is 1. The highest BCUT2D eigenvalue weighted by atomic mass is 79.9. The summed E-state index contributed by atoms with van der Waals surface area (Å²) < 4.78 is 19.5. The van der Waals surface area contributed by atoms with Gasteiger partial charge in [0.05, 0.1) is 11.0 Å². The standard InChI is InChI=1S/C15H14BrFN2O4/c1-15(2,14(21)22)7-18-12(20)11-6-23-13(19-11)9-4-3-8(16)5-10(9)17/h3-6H,7H2,1-2H3,(H,18,20)(H,21,22). The maximum absolute atomic E-state index is 13.8. The number of nitrogens with one attached hydrogen (secondary N) is 1. The number of halogens is 2. The summed E-state index contributed by atoms with van der Waals surface area (Å²) in [6, 6.07) is 4.35. The van der Waals surface area contributed by atoms with E-state index in [1.165, 1.54) is 26.0 Å². The molecule has 2 aromatic rings. The van der Waals surface area contributed by atoms with Gasteiger partial charge in [0.25, 0.3) is 5.91 Å². The lowest BCUT2D eigenvalue weighted by Crippen LogP contribution is -2.39. The molecule has 1 amide bonds. The second-order valence-corrected chi connectivity index (χ2v) is 6.45. The molecule has 23 heavy (non-hydrogen) atoms. The van der Waals surface area contributed by atoms with Gasteiger partial charge >= 0.3 is 5.97 Å². The van der Waals surface area contributed by atoms with Gasteiger partial charge in [-0.3, -0.25) is 9.59 Å². The maximum atomic E-state index is 13.8. The highest BCUT2D eigenvalue weighted by Crippen LogP contribution is 2.25. The van der Waals surface area contributed by atoms with E-state index in [9.17, 15) is 14.0 Å². The predicted molar refractivity (Wildman–Crippen MR) is 83.3 cm³/mol. The van der Waals surface area contributed by atoms with Crippen LogP contribution in [-0.2, 0) is 4.79 Å². The number of carboxylic acid groups (broad SMARTS) is 1. The zero-order chi connectivity index (χ0) is 17.2. The van der Waals surface area contributed by atoms with Crippen LogP contribution < -0.4 is 5.32 Å². The number of rotatable bonds is 5. The van der Waals surface area contributed by atoms with Gasteiger partial charge in [0.15, 0.2) is 5.69 Å². The van der Waals surface area contributed by atoms with Crippen LogP contribution in [0.5, 0.6) is 0 Å². The molecular formula is C15H14BrFN2O4. The molecule has 0 saturated heterocycles. The number of oxazole rings is 1. The van der Waals surface area contributed by atoms with Crippen molar-refractivity contribution in [2.45, 2.75) is 13.8 Å². The number of hydrogen-bond acceptors (Lipinski definition) is 4. The Kier molecular flexibility index (Phi) is 4.84. The SMILES string of the molecule is CC(C)(CNC(=O)c1coc(-c2ccc(Br)cc2F)n1)C(=O)O. The number of amides is 1. The third kappa shape index (κ3) is 3.95. The minimum Gasteiger partial charge on any atom is -0.481 e. The lowest BCUT2D eigenvalue weighted by Gasteiger charge is -2.18. The van der Waals surface area contributed by atoms with Crippen LogP contribution in [0.2, 0.25) is 0 Å². The Hall–Kier alpha value is -2.22. The normalized spacial score (nSPS) is 11.3. The number of carbonyl (C=O) groups excluding carboxylic acids is 1. The van der Waals surface area contributed by atoms with E-state index in [1.54, 1.807) is 6.07 Å². The number of aliphatic carboxylic acids is 1. The van der Waals surface area contributed by atoms with Gasteiger partial charge in [0, 0.05) is 11.0 Å². The van der Waals surface area contributed by atoms with Crippen molar-refractivity contribution in [1.29, 1.82) is 0 Å². The Morgan fingerprint density at radius 3 is 2.74 bits per heavy atom. The lowest BCUT2D eigenvalue weighted by atomic mass is 9.94. The van der Waals surface area contributed by atoms with E-state index in [0.717, 1.165) is 6.26 Å². The van der Waals surface area contributed by atoms with Crippen molar-refractivity contribution in [2.24, 2.45) is 5.41 Å². The molecule has 0 saturated carbocycles. The minimum absolute atomic E-state index is 0.0300. The predicted octanol–water partition coefficient (Wildman–Crippen LogP) is 3.08. The summed E-state index contributed by atoms with van der Waals surface area (Å²) in [6.07, 6.45) is 1.10. The number of nitrogens with zero attached hydrogens (tertiary/aromatic N) is 1. The summed E-state index contributed by atoms with van der Waals surface area (Å²) in [5.41, 5.74) is -1.04. The smallest absolute Gasteiger partial charge is 0.310 e. The topological polar surface area (TPSA) is 92.4 Å². The fourth-order valence-corrected chi connectivity index (χ4v) is 1.97. The summed E-state index contributed by atoms with van der Waals surface area (Å²) in [5, 5.41) is 11.5.